The molecule has 0 spiro atoms. The van der Waals surface area contributed by atoms with Crippen LogP contribution < -0.4 is 11.1 Å². The molecule has 26 heavy (non-hydrogen) atoms. The van der Waals surface area contributed by atoms with Gasteiger partial charge in [-0.3, -0.25) is 4.79 Å². The third-order valence-corrected chi connectivity index (χ3v) is 3.69. The lowest BCUT2D eigenvalue weighted by Crippen LogP contribution is -2.21. The predicted molar refractivity (Wildman–Crippen MR) is 102 cm³/mol. The predicted octanol–water partition coefficient (Wildman–Crippen LogP) is 3.29. The normalized spacial score (nSPS) is 12.3. The molecule has 3 N–H and O–H groups in total. The Morgan fingerprint density at radius 1 is 1.31 bits per heavy atom. The number of hydrogen-bond acceptors (Lipinski definition) is 5. The molecule has 0 fully saturated rings. The molecule has 0 radical (unpaired) electrons. The number of azide groups is 1. The standard InChI is InChI=1S/C18H29N5O3/c1-13(22-23-20)15-11-14(5-6-16(15)18(2,3)4)21-17(24)12-26-10-9-25-8-7-19/h5-6,11,13H,7-10,12,19H2,1-4H3,(H,21,24). The minimum absolute atomic E-state index is 0.0613. The number of nitrogens with one attached hydrogen (secondary N) is 1. The Balaban J connectivity index is 2.74. The van der Waals surface area contributed by atoms with Crippen molar-refractivity contribution in [2.75, 3.05) is 38.3 Å². The molecule has 144 valence electrons. The zero-order valence-corrected chi connectivity index (χ0v) is 16.0. The van der Waals surface area contributed by atoms with E-state index >= 15 is 0 Å². The minimum Gasteiger partial charge on any atom is -0.378 e. The molecule has 0 aromatic heterocycles. The van der Waals surface area contributed by atoms with Gasteiger partial charge in [0.05, 0.1) is 25.9 Å². The molecular weight excluding hydrogens is 334 g/mol. The second-order valence-corrected chi connectivity index (χ2v) is 6.93. The van der Waals surface area contributed by atoms with Crippen LogP contribution in [0.2, 0.25) is 0 Å². The van der Waals surface area contributed by atoms with Crippen molar-refractivity contribution in [1.82, 2.24) is 0 Å². The van der Waals surface area contributed by atoms with E-state index in [2.05, 4.69) is 36.1 Å². The molecule has 1 unspecified atom stereocenters. The van der Waals surface area contributed by atoms with Gasteiger partial charge in [0, 0.05) is 17.1 Å². The summed E-state index contributed by atoms with van der Waals surface area (Å²) in [6.07, 6.45) is 0. The van der Waals surface area contributed by atoms with E-state index in [9.17, 15) is 4.79 Å². The minimum atomic E-state index is -0.331. The third-order valence-electron chi connectivity index (χ3n) is 3.69. The highest BCUT2D eigenvalue weighted by molar-refractivity contribution is 5.91. The van der Waals surface area contributed by atoms with Gasteiger partial charge in [-0.1, -0.05) is 38.9 Å². The van der Waals surface area contributed by atoms with Gasteiger partial charge in [-0.15, -0.1) is 0 Å². The van der Waals surface area contributed by atoms with Gasteiger partial charge >= 0.3 is 0 Å². The first-order valence-corrected chi connectivity index (χ1v) is 8.63. The molecule has 1 aromatic rings. The molecule has 1 amide bonds. The van der Waals surface area contributed by atoms with E-state index in [0.717, 1.165) is 11.1 Å². The Hall–Kier alpha value is -2.12. The largest absolute Gasteiger partial charge is 0.378 e. The van der Waals surface area contributed by atoms with Crippen LogP contribution in [0.4, 0.5) is 5.69 Å². The second kappa shape index (κ2) is 10.8. The Kier molecular flexibility index (Phi) is 9.09. The van der Waals surface area contributed by atoms with Gasteiger partial charge in [-0.05, 0) is 34.2 Å². The number of benzene rings is 1. The average Bonchev–Trinajstić information content (AvgIpc) is 2.57. The molecular formula is C18H29N5O3. The topological polar surface area (TPSA) is 122 Å². The van der Waals surface area contributed by atoms with Crippen LogP contribution in [0.25, 0.3) is 10.4 Å². The van der Waals surface area contributed by atoms with Gasteiger partial charge in [-0.25, -0.2) is 0 Å². The molecule has 0 aliphatic rings. The van der Waals surface area contributed by atoms with Crippen LogP contribution in [0.15, 0.2) is 23.3 Å². The number of carbonyl (C=O) groups is 1. The molecule has 8 nitrogen and oxygen atoms in total. The van der Waals surface area contributed by atoms with Gasteiger partial charge in [-0.2, -0.15) is 0 Å². The van der Waals surface area contributed by atoms with Crippen molar-refractivity contribution in [2.24, 2.45) is 10.8 Å². The highest BCUT2D eigenvalue weighted by Crippen LogP contribution is 2.33. The van der Waals surface area contributed by atoms with Crippen LogP contribution >= 0.6 is 0 Å². The van der Waals surface area contributed by atoms with Crippen LogP contribution in [0, 0.1) is 0 Å². The summed E-state index contributed by atoms with van der Waals surface area (Å²) in [7, 11) is 0. The molecule has 0 saturated heterocycles. The lowest BCUT2D eigenvalue weighted by molar-refractivity contribution is -0.121. The van der Waals surface area contributed by atoms with E-state index in [1.807, 2.05) is 25.1 Å². The highest BCUT2D eigenvalue weighted by Gasteiger charge is 2.21. The van der Waals surface area contributed by atoms with Crippen LogP contribution in [0.5, 0.6) is 0 Å². The monoisotopic (exact) mass is 363 g/mol. The van der Waals surface area contributed by atoms with E-state index in [1.54, 1.807) is 0 Å². The van der Waals surface area contributed by atoms with Crippen molar-refractivity contribution in [2.45, 2.75) is 39.2 Å². The maximum atomic E-state index is 12.0. The molecule has 1 atom stereocenters. The maximum absolute atomic E-state index is 12.0. The Labute approximate surface area is 154 Å². The summed E-state index contributed by atoms with van der Waals surface area (Å²) in [4.78, 5) is 14.9. The molecule has 1 aromatic carbocycles. The third kappa shape index (κ3) is 7.41. The summed E-state index contributed by atoms with van der Waals surface area (Å²) in [5.41, 5.74) is 16.5. The number of anilines is 1. The Bertz CT molecular complexity index is 636. The number of hydrogen-bond donors (Lipinski definition) is 2. The number of nitrogens with two attached hydrogens (primary N) is 1. The number of rotatable bonds is 10. The smallest absolute Gasteiger partial charge is 0.250 e. The van der Waals surface area contributed by atoms with Crippen LogP contribution in [-0.4, -0.2) is 38.9 Å². The van der Waals surface area contributed by atoms with Crippen LogP contribution in [-0.2, 0) is 19.7 Å². The number of carbonyl (C=O) groups excluding carboxylic acids is 1. The van der Waals surface area contributed by atoms with Gasteiger partial charge in [0.15, 0.2) is 0 Å². The van der Waals surface area contributed by atoms with E-state index in [4.69, 9.17) is 20.7 Å². The summed E-state index contributed by atoms with van der Waals surface area (Å²) in [6, 6.07) is 5.31. The van der Waals surface area contributed by atoms with Crippen molar-refractivity contribution in [3.63, 3.8) is 0 Å². The van der Waals surface area contributed by atoms with Crippen molar-refractivity contribution >= 4 is 11.6 Å². The van der Waals surface area contributed by atoms with Crippen molar-refractivity contribution < 1.29 is 14.3 Å². The van der Waals surface area contributed by atoms with Crippen molar-refractivity contribution in [3.05, 3.63) is 39.8 Å². The summed E-state index contributed by atoms with van der Waals surface area (Å²) >= 11 is 0. The summed E-state index contributed by atoms with van der Waals surface area (Å²) < 4.78 is 10.4. The Morgan fingerprint density at radius 3 is 2.62 bits per heavy atom. The zero-order chi connectivity index (χ0) is 19.6. The highest BCUT2D eigenvalue weighted by atomic mass is 16.5. The fraction of sp³-hybridized carbons (Fsp3) is 0.611. The molecule has 0 aliphatic carbocycles. The molecule has 0 bridgehead atoms. The van der Waals surface area contributed by atoms with Gasteiger partial charge < -0.3 is 20.5 Å². The van der Waals surface area contributed by atoms with E-state index in [-0.39, 0.29) is 24.0 Å². The first-order valence-electron chi connectivity index (χ1n) is 8.63. The SMILES string of the molecule is CC(N=[N+]=[N-])c1cc(NC(=O)COCCOCCN)ccc1C(C)(C)C. The fourth-order valence-electron chi connectivity index (χ4n) is 2.47. The average molecular weight is 363 g/mol. The summed E-state index contributed by atoms with van der Waals surface area (Å²) in [5.74, 6) is -0.255. The van der Waals surface area contributed by atoms with E-state index < -0.39 is 0 Å². The van der Waals surface area contributed by atoms with Gasteiger partial charge in [0.1, 0.15) is 6.61 Å². The summed E-state index contributed by atoms with van der Waals surface area (Å²) in [5, 5.41) is 6.60. The van der Waals surface area contributed by atoms with Crippen LogP contribution in [0.3, 0.4) is 0 Å². The maximum Gasteiger partial charge on any atom is 0.250 e. The number of amides is 1. The molecule has 8 heteroatoms. The first kappa shape index (κ1) is 21.9. The van der Waals surface area contributed by atoms with E-state index in [1.165, 1.54) is 0 Å². The lowest BCUT2D eigenvalue weighted by atomic mass is 9.82. The Morgan fingerprint density at radius 2 is 2.00 bits per heavy atom. The summed E-state index contributed by atoms with van der Waals surface area (Å²) in [6.45, 7) is 9.71. The number of nitrogens with zero attached hydrogens (tertiary/aromatic N) is 3. The fourth-order valence-corrected chi connectivity index (χ4v) is 2.47. The van der Waals surface area contributed by atoms with Crippen molar-refractivity contribution in [1.29, 1.82) is 0 Å². The van der Waals surface area contributed by atoms with Crippen LogP contribution in [0.1, 0.15) is 44.9 Å². The zero-order valence-electron chi connectivity index (χ0n) is 16.0. The lowest BCUT2D eigenvalue weighted by Gasteiger charge is -2.25. The first-order chi connectivity index (χ1) is 12.3. The molecule has 0 saturated carbocycles. The molecule has 0 heterocycles. The molecule has 0 aliphatic heterocycles. The van der Waals surface area contributed by atoms with Gasteiger partial charge in [0.2, 0.25) is 5.91 Å². The van der Waals surface area contributed by atoms with Gasteiger partial charge in [0.25, 0.3) is 0 Å². The van der Waals surface area contributed by atoms with E-state index in [0.29, 0.717) is 32.1 Å². The second-order valence-electron chi connectivity index (χ2n) is 6.93. The number of ether oxygens (including phenoxy) is 2. The molecule has 1 rings (SSSR count). The quantitative estimate of drug-likeness (QED) is 0.286. The van der Waals surface area contributed by atoms with Crippen molar-refractivity contribution in [3.8, 4) is 0 Å².